The Bertz CT molecular complexity index is 1520. The van der Waals surface area contributed by atoms with Crippen LogP contribution in [0.5, 0.6) is 11.5 Å². The molecule has 0 aliphatic carbocycles. The monoisotopic (exact) mass is 592 g/mol. The zero-order valence-corrected chi connectivity index (χ0v) is 23.9. The van der Waals surface area contributed by atoms with Crippen molar-refractivity contribution in [2.24, 2.45) is 5.92 Å². The van der Waals surface area contributed by atoms with Gasteiger partial charge in [0.2, 0.25) is 5.91 Å². The highest BCUT2D eigenvalue weighted by molar-refractivity contribution is 7.91. The maximum absolute atomic E-state index is 14.1. The summed E-state index contributed by atoms with van der Waals surface area (Å²) in [6.07, 6.45) is 2.80. The molecule has 13 heteroatoms. The number of benzene rings is 1. The SMILES string of the molecule is COc1ccc(OC)c2sc(N(Cc3ccccn3)C(=O)C3CCCN(S(=O)(=O)c4ccc(Cl)s4)C3)nc12. The maximum Gasteiger partial charge on any atom is 0.252 e. The molecule has 200 valence electrons. The number of anilines is 1. The first-order valence-corrected chi connectivity index (χ1v) is 15.2. The highest BCUT2D eigenvalue weighted by atomic mass is 35.5. The number of thiazole rings is 1. The van der Waals surface area contributed by atoms with Gasteiger partial charge >= 0.3 is 0 Å². The van der Waals surface area contributed by atoms with E-state index >= 15 is 0 Å². The van der Waals surface area contributed by atoms with E-state index in [0.717, 1.165) is 16.0 Å². The number of nitrogens with zero attached hydrogens (tertiary/aromatic N) is 4. The predicted molar refractivity (Wildman–Crippen MR) is 149 cm³/mol. The van der Waals surface area contributed by atoms with E-state index < -0.39 is 15.9 Å². The largest absolute Gasteiger partial charge is 0.495 e. The van der Waals surface area contributed by atoms with E-state index in [1.165, 1.54) is 21.7 Å². The minimum absolute atomic E-state index is 0.0763. The van der Waals surface area contributed by atoms with E-state index in [0.29, 0.717) is 51.6 Å². The van der Waals surface area contributed by atoms with Gasteiger partial charge in [-0.3, -0.25) is 14.7 Å². The molecular formula is C25H25ClN4O5S3. The Kier molecular flexibility index (Phi) is 7.87. The number of hydrogen-bond donors (Lipinski definition) is 0. The van der Waals surface area contributed by atoms with Crippen LogP contribution in [0, 0.1) is 5.92 Å². The van der Waals surface area contributed by atoms with Crippen LogP contribution in [0.3, 0.4) is 0 Å². The number of ether oxygens (including phenoxy) is 2. The highest BCUT2D eigenvalue weighted by Crippen LogP contribution is 2.41. The van der Waals surface area contributed by atoms with Gasteiger partial charge in [-0.05, 0) is 49.2 Å². The van der Waals surface area contributed by atoms with Gasteiger partial charge in [0.05, 0.1) is 36.7 Å². The molecule has 4 aromatic rings. The summed E-state index contributed by atoms with van der Waals surface area (Å²) < 4.78 is 40.3. The zero-order valence-electron chi connectivity index (χ0n) is 20.7. The summed E-state index contributed by atoms with van der Waals surface area (Å²) in [6.45, 7) is 0.609. The van der Waals surface area contributed by atoms with Gasteiger partial charge in [-0.25, -0.2) is 13.4 Å². The Labute approximate surface area is 233 Å². The predicted octanol–water partition coefficient (Wildman–Crippen LogP) is 5.06. The van der Waals surface area contributed by atoms with E-state index in [9.17, 15) is 13.2 Å². The van der Waals surface area contributed by atoms with Crippen molar-refractivity contribution < 1.29 is 22.7 Å². The molecule has 0 saturated carbocycles. The number of thiophene rings is 1. The third-order valence-electron chi connectivity index (χ3n) is 6.32. The molecule has 38 heavy (non-hydrogen) atoms. The smallest absolute Gasteiger partial charge is 0.252 e. The van der Waals surface area contributed by atoms with Crippen molar-refractivity contribution >= 4 is 65.6 Å². The number of carbonyl (C=O) groups is 1. The van der Waals surface area contributed by atoms with Gasteiger partial charge in [0, 0.05) is 19.3 Å². The van der Waals surface area contributed by atoms with Crippen LogP contribution in [0.2, 0.25) is 4.34 Å². The average molecular weight is 593 g/mol. The number of rotatable bonds is 8. The second kappa shape index (κ2) is 11.1. The molecule has 1 atom stereocenters. The Hall–Kier alpha value is -2.77. The number of carbonyl (C=O) groups excluding carboxylic acids is 1. The second-order valence-electron chi connectivity index (χ2n) is 8.65. The molecule has 0 radical (unpaired) electrons. The molecule has 1 aliphatic heterocycles. The topological polar surface area (TPSA) is 102 Å². The number of halogens is 1. The summed E-state index contributed by atoms with van der Waals surface area (Å²) >= 11 is 8.33. The van der Waals surface area contributed by atoms with E-state index in [4.69, 9.17) is 26.1 Å². The lowest BCUT2D eigenvalue weighted by Gasteiger charge is -2.33. The fraction of sp³-hybridized carbons (Fsp3) is 0.320. The molecule has 0 spiro atoms. The van der Waals surface area contributed by atoms with E-state index in [2.05, 4.69) is 4.98 Å². The first kappa shape index (κ1) is 26.8. The number of sulfonamides is 1. The molecular weight excluding hydrogens is 568 g/mol. The third kappa shape index (κ3) is 5.23. The molecule has 4 heterocycles. The molecule has 1 aromatic carbocycles. The summed E-state index contributed by atoms with van der Waals surface area (Å²) in [7, 11) is -0.614. The Morgan fingerprint density at radius 3 is 2.61 bits per heavy atom. The number of piperidine rings is 1. The van der Waals surface area contributed by atoms with Crippen LogP contribution in [0.4, 0.5) is 5.13 Å². The quantitative estimate of drug-likeness (QED) is 0.282. The normalized spacial score (nSPS) is 16.4. The van der Waals surface area contributed by atoms with E-state index in [1.54, 1.807) is 43.5 Å². The lowest BCUT2D eigenvalue weighted by Crippen LogP contribution is -2.46. The number of amides is 1. The van der Waals surface area contributed by atoms with Gasteiger partial charge in [-0.1, -0.05) is 29.0 Å². The molecule has 0 bridgehead atoms. The fourth-order valence-electron chi connectivity index (χ4n) is 4.43. The number of hydrogen-bond acceptors (Lipinski definition) is 9. The number of aromatic nitrogens is 2. The fourth-order valence-corrected chi connectivity index (χ4v) is 8.67. The van der Waals surface area contributed by atoms with Crippen molar-refractivity contribution in [1.29, 1.82) is 0 Å². The van der Waals surface area contributed by atoms with Crippen LogP contribution in [-0.4, -0.2) is 55.9 Å². The average Bonchev–Trinajstić information content (AvgIpc) is 3.59. The van der Waals surface area contributed by atoms with Crippen LogP contribution in [0.1, 0.15) is 18.5 Å². The van der Waals surface area contributed by atoms with Crippen molar-refractivity contribution in [3.8, 4) is 11.5 Å². The Balaban J connectivity index is 1.50. The van der Waals surface area contributed by atoms with Crippen LogP contribution >= 0.6 is 34.3 Å². The standard InChI is InChI=1S/C25H25ClN4O5S3/c1-34-18-8-9-19(35-2)23-22(18)28-25(37-23)30(15-17-7-3-4-12-27-17)24(31)16-6-5-13-29(14-16)38(32,33)21-11-10-20(26)36-21/h3-4,7-12,16H,5-6,13-15H2,1-2H3. The number of pyridine rings is 1. The van der Waals surface area contributed by atoms with Gasteiger partial charge in [-0.15, -0.1) is 11.3 Å². The first-order valence-electron chi connectivity index (χ1n) is 11.8. The van der Waals surface area contributed by atoms with E-state index in [1.807, 2.05) is 18.2 Å². The van der Waals surface area contributed by atoms with Crippen molar-refractivity contribution in [3.63, 3.8) is 0 Å². The summed E-state index contributed by atoms with van der Waals surface area (Å²) in [5.41, 5.74) is 1.28. The molecule has 1 fully saturated rings. The van der Waals surface area contributed by atoms with Gasteiger partial charge in [-0.2, -0.15) is 4.31 Å². The van der Waals surface area contributed by atoms with Gasteiger partial charge in [0.15, 0.2) is 5.13 Å². The molecule has 9 nitrogen and oxygen atoms in total. The van der Waals surface area contributed by atoms with Crippen molar-refractivity contribution in [2.45, 2.75) is 23.6 Å². The summed E-state index contributed by atoms with van der Waals surface area (Å²) in [6, 6.07) is 12.2. The van der Waals surface area contributed by atoms with E-state index in [-0.39, 0.29) is 23.2 Å². The minimum atomic E-state index is -3.76. The lowest BCUT2D eigenvalue weighted by molar-refractivity contribution is -0.123. The number of fused-ring (bicyclic) bond motifs is 1. The van der Waals surface area contributed by atoms with Crippen molar-refractivity contribution in [2.75, 3.05) is 32.2 Å². The van der Waals surface area contributed by atoms with Crippen LogP contribution in [-0.2, 0) is 21.4 Å². The highest BCUT2D eigenvalue weighted by Gasteiger charge is 2.37. The molecule has 1 unspecified atom stereocenters. The maximum atomic E-state index is 14.1. The van der Waals surface area contributed by atoms with Gasteiger partial charge < -0.3 is 9.47 Å². The minimum Gasteiger partial charge on any atom is -0.495 e. The van der Waals surface area contributed by atoms with Crippen LogP contribution in [0.15, 0.2) is 52.9 Å². The van der Waals surface area contributed by atoms with Crippen molar-refractivity contribution in [3.05, 3.63) is 58.7 Å². The van der Waals surface area contributed by atoms with Crippen molar-refractivity contribution in [1.82, 2.24) is 14.3 Å². The second-order valence-corrected chi connectivity index (χ2v) is 13.5. The molecule has 3 aromatic heterocycles. The molecule has 1 saturated heterocycles. The van der Waals surface area contributed by atoms with Crippen LogP contribution < -0.4 is 14.4 Å². The molecule has 0 N–H and O–H groups in total. The number of methoxy groups -OCH3 is 2. The zero-order chi connectivity index (χ0) is 26.9. The van der Waals surface area contributed by atoms with Crippen LogP contribution in [0.25, 0.3) is 10.2 Å². The molecule has 1 amide bonds. The third-order valence-corrected chi connectivity index (χ3v) is 11.0. The first-order chi connectivity index (χ1) is 18.3. The Morgan fingerprint density at radius 2 is 1.92 bits per heavy atom. The summed E-state index contributed by atoms with van der Waals surface area (Å²) in [5.74, 6) is 0.433. The Morgan fingerprint density at radius 1 is 1.13 bits per heavy atom. The lowest BCUT2D eigenvalue weighted by atomic mass is 9.98. The van der Waals surface area contributed by atoms with Gasteiger partial charge in [0.25, 0.3) is 10.0 Å². The summed E-state index contributed by atoms with van der Waals surface area (Å²) in [4.78, 5) is 24.8. The molecule has 1 aliphatic rings. The van der Waals surface area contributed by atoms with Gasteiger partial charge in [0.1, 0.15) is 25.9 Å². The molecule has 5 rings (SSSR count). The summed E-state index contributed by atoms with van der Waals surface area (Å²) in [5, 5.41) is 0.462.